The Kier molecular flexibility index (Phi) is 8.68. The van der Waals surface area contributed by atoms with Crippen LogP contribution in [0, 0.1) is 11.8 Å². The summed E-state index contributed by atoms with van der Waals surface area (Å²) in [6.45, 7) is 0. The Labute approximate surface area is 180 Å². The van der Waals surface area contributed by atoms with Crippen LogP contribution in [0.2, 0.25) is 0 Å². The number of aliphatic hydroxyl groups excluding tert-OH is 1. The number of carbonyl (C=O) groups is 2. The van der Waals surface area contributed by atoms with E-state index in [0.717, 1.165) is 44.1 Å². The summed E-state index contributed by atoms with van der Waals surface area (Å²) in [5, 5.41) is 10.7. The van der Waals surface area contributed by atoms with Crippen molar-refractivity contribution in [2.24, 2.45) is 11.8 Å². The Morgan fingerprint density at radius 2 is 1.87 bits per heavy atom. The van der Waals surface area contributed by atoms with Crippen molar-refractivity contribution >= 4 is 11.8 Å². The molecule has 164 valence electrons. The number of benzene rings is 1. The lowest BCUT2D eigenvalue weighted by Crippen LogP contribution is -2.16. The molecule has 1 unspecified atom stereocenters. The van der Waals surface area contributed by atoms with E-state index in [1.54, 1.807) is 0 Å². The van der Waals surface area contributed by atoms with Gasteiger partial charge in [0.25, 0.3) is 0 Å². The molecular weight excluding hydrogens is 376 g/mol. The highest BCUT2D eigenvalue weighted by Gasteiger charge is 2.34. The molecule has 0 amide bonds. The molecule has 30 heavy (non-hydrogen) atoms. The Hall–Kier alpha value is -1.94. The summed E-state index contributed by atoms with van der Waals surface area (Å²) in [5.74, 6) is 0.862. The summed E-state index contributed by atoms with van der Waals surface area (Å²) >= 11 is 0. The molecule has 0 aliphatic heterocycles. The van der Waals surface area contributed by atoms with Crippen LogP contribution in [0.5, 0.6) is 0 Å². The zero-order chi connectivity index (χ0) is 21.3. The minimum Gasteiger partial charge on any atom is -0.469 e. The van der Waals surface area contributed by atoms with Gasteiger partial charge >= 0.3 is 5.97 Å². The lowest BCUT2D eigenvalue weighted by molar-refractivity contribution is -0.140. The Morgan fingerprint density at radius 1 is 1.13 bits per heavy atom. The van der Waals surface area contributed by atoms with E-state index in [4.69, 9.17) is 0 Å². The monoisotopic (exact) mass is 412 g/mol. The molecule has 2 fully saturated rings. The van der Waals surface area contributed by atoms with Crippen molar-refractivity contribution in [1.82, 2.24) is 0 Å². The third-order valence-corrected chi connectivity index (χ3v) is 6.94. The van der Waals surface area contributed by atoms with Gasteiger partial charge in [0, 0.05) is 18.8 Å². The van der Waals surface area contributed by atoms with Gasteiger partial charge in [-0.3, -0.25) is 9.59 Å². The molecule has 2 aliphatic rings. The summed E-state index contributed by atoms with van der Waals surface area (Å²) in [6.07, 6.45) is 14.1. The molecule has 0 radical (unpaired) electrons. The van der Waals surface area contributed by atoms with E-state index in [9.17, 15) is 14.7 Å². The highest BCUT2D eigenvalue weighted by atomic mass is 16.5. The van der Waals surface area contributed by atoms with Crippen LogP contribution in [0.3, 0.4) is 0 Å². The third-order valence-electron chi connectivity index (χ3n) is 6.94. The van der Waals surface area contributed by atoms with Crippen LogP contribution in [0.25, 0.3) is 0 Å². The van der Waals surface area contributed by atoms with Gasteiger partial charge in [-0.2, -0.15) is 0 Å². The molecule has 1 aromatic rings. The first-order valence-electron chi connectivity index (χ1n) is 11.6. The van der Waals surface area contributed by atoms with Crippen molar-refractivity contribution < 1.29 is 19.4 Å². The molecule has 0 saturated heterocycles. The highest BCUT2D eigenvalue weighted by Crippen LogP contribution is 2.40. The van der Waals surface area contributed by atoms with Crippen molar-refractivity contribution in [2.75, 3.05) is 7.11 Å². The van der Waals surface area contributed by atoms with Gasteiger partial charge in [-0.25, -0.2) is 0 Å². The van der Waals surface area contributed by atoms with Gasteiger partial charge in [-0.05, 0) is 61.5 Å². The predicted octanol–water partition coefficient (Wildman–Crippen LogP) is 5.65. The summed E-state index contributed by atoms with van der Waals surface area (Å²) in [6, 6.07) is 8.38. The van der Waals surface area contributed by atoms with E-state index < -0.39 is 0 Å². The molecule has 0 heterocycles. The number of hydrogen-bond acceptors (Lipinski definition) is 4. The maximum atomic E-state index is 12.5. The van der Waals surface area contributed by atoms with Gasteiger partial charge in [0.1, 0.15) is 5.78 Å². The van der Waals surface area contributed by atoms with Crippen LogP contribution in [-0.4, -0.2) is 24.0 Å². The molecule has 0 aromatic heterocycles. The first-order chi connectivity index (χ1) is 14.6. The molecule has 0 bridgehead atoms. The maximum Gasteiger partial charge on any atom is 0.305 e. The van der Waals surface area contributed by atoms with E-state index in [-0.39, 0.29) is 23.9 Å². The van der Waals surface area contributed by atoms with E-state index in [2.05, 4.69) is 41.2 Å². The average molecular weight is 413 g/mol. The SMILES string of the molecule is COC(=O)CCC/C=C\C[C@H]1C(=O)CC[C@@H]1c1ccc(C(O)C2CCCCC2)cc1. The lowest BCUT2D eigenvalue weighted by atomic mass is 9.81. The average Bonchev–Trinajstić information content (AvgIpc) is 3.16. The minimum atomic E-state index is -0.367. The molecule has 2 saturated carbocycles. The smallest absolute Gasteiger partial charge is 0.305 e. The molecular formula is C26H36O4. The lowest BCUT2D eigenvalue weighted by Gasteiger charge is -2.27. The number of aliphatic hydroxyl groups is 1. The van der Waals surface area contributed by atoms with E-state index in [0.29, 0.717) is 24.5 Å². The molecule has 4 nitrogen and oxygen atoms in total. The number of allylic oxidation sites excluding steroid dienone is 2. The number of unbranched alkanes of at least 4 members (excludes halogenated alkanes) is 1. The molecule has 2 aliphatic carbocycles. The van der Waals surface area contributed by atoms with E-state index in [1.807, 2.05) is 0 Å². The number of esters is 1. The fraction of sp³-hybridized carbons (Fsp3) is 0.615. The summed E-state index contributed by atoms with van der Waals surface area (Å²) in [4.78, 5) is 23.6. The molecule has 1 N–H and O–H groups in total. The predicted molar refractivity (Wildman–Crippen MR) is 118 cm³/mol. The third kappa shape index (κ3) is 6.04. The number of ether oxygens (including phenoxy) is 1. The van der Waals surface area contributed by atoms with Gasteiger partial charge < -0.3 is 9.84 Å². The quantitative estimate of drug-likeness (QED) is 0.323. The van der Waals surface area contributed by atoms with Crippen LogP contribution in [0.4, 0.5) is 0 Å². The van der Waals surface area contributed by atoms with Crippen LogP contribution in [0.1, 0.15) is 93.8 Å². The van der Waals surface area contributed by atoms with Crippen LogP contribution in [-0.2, 0) is 14.3 Å². The van der Waals surface area contributed by atoms with Crippen molar-refractivity contribution in [3.63, 3.8) is 0 Å². The Bertz CT molecular complexity index is 715. The van der Waals surface area contributed by atoms with Crippen molar-refractivity contribution in [3.05, 3.63) is 47.5 Å². The standard InChI is InChI=1S/C26H36O4/c1-30-25(28)12-8-3-2-7-11-23-22(17-18-24(23)27)19-13-15-21(16-14-19)26(29)20-9-5-4-6-10-20/h2,7,13-16,20,22-23,26,29H,3-6,8-12,17-18H2,1H3/b7-2-/t22-,23-,26?/m1/s1. The van der Waals surface area contributed by atoms with Gasteiger partial charge in [0.2, 0.25) is 0 Å². The second-order valence-electron chi connectivity index (χ2n) is 8.90. The normalized spacial score (nSPS) is 23.7. The van der Waals surface area contributed by atoms with E-state index >= 15 is 0 Å². The number of Topliss-reactive ketones (excluding diaryl/α,β-unsaturated/α-hetero) is 1. The summed E-state index contributed by atoms with van der Waals surface area (Å²) in [7, 11) is 1.41. The fourth-order valence-corrected chi connectivity index (χ4v) is 5.09. The van der Waals surface area contributed by atoms with Crippen LogP contribution >= 0.6 is 0 Å². The summed E-state index contributed by atoms with van der Waals surface area (Å²) in [5.41, 5.74) is 2.22. The van der Waals surface area contributed by atoms with Crippen LogP contribution < -0.4 is 0 Å². The minimum absolute atomic E-state index is 0.0379. The zero-order valence-corrected chi connectivity index (χ0v) is 18.2. The Morgan fingerprint density at radius 3 is 2.57 bits per heavy atom. The van der Waals surface area contributed by atoms with Crippen LogP contribution in [0.15, 0.2) is 36.4 Å². The van der Waals surface area contributed by atoms with Crippen molar-refractivity contribution in [3.8, 4) is 0 Å². The number of hydrogen-bond donors (Lipinski definition) is 1. The molecule has 1 aromatic carbocycles. The van der Waals surface area contributed by atoms with Crippen molar-refractivity contribution in [1.29, 1.82) is 0 Å². The van der Waals surface area contributed by atoms with Gasteiger partial charge in [0.05, 0.1) is 13.2 Å². The number of rotatable bonds is 9. The van der Waals surface area contributed by atoms with Gasteiger partial charge in [-0.15, -0.1) is 0 Å². The van der Waals surface area contributed by atoms with Gasteiger partial charge in [0.15, 0.2) is 0 Å². The Balaban J connectivity index is 1.54. The molecule has 3 rings (SSSR count). The van der Waals surface area contributed by atoms with Crippen molar-refractivity contribution in [2.45, 2.75) is 82.7 Å². The van der Waals surface area contributed by atoms with E-state index in [1.165, 1.54) is 31.9 Å². The first-order valence-corrected chi connectivity index (χ1v) is 11.6. The maximum absolute atomic E-state index is 12.5. The highest BCUT2D eigenvalue weighted by molar-refractivity contribution is 5.84. The second kappa shape index (κ2) is 11.5. The second-order valence-corrected chi connectivity index (χ2v) is 8.90. The largest absolute Gasteiger partial charge is 0.469 e. The summed E-state index contributed by atoms with van der Waals surface area (Å²) < 4.78 is 4.65. The first kappa shape index (κ1) is 22.7. The molecule has 3 atom stereocenters. The number of methoxy groups -OCH3 is 1. The number of carbonyl (C=O) groups excluding carboxylic acids is 2. The topological polar surface area (TPSA) is 63.6 Å². The molecule has 0 spiro atoms. The zero-order valence-electron chi connectivity index (χ0n) is 18.2. The molecule has 4 heteroatoms. The fourth-order valence-electron chi connectivity index (χ4n) is 5.09. The number of ketones is 1. The van der Waals surface area contributed by atoms with Gasteiger partial charge in [-0.1, -0.05) is 55.7 Å².